The zero-order valence-corrected chi connectivity index (χ0v) is 17.8. The van der Waals surface area contributed by atoms with Crippen molar-refractivity contribution in [2.75, 3.05) is 27.1 Å². The van der Waals surface area contributed by atoms with Gasteiger partial charge in [-0.3, -0.25) is 0 Å². The fourth-order valence-electron chi connectivity index (χ4n) is 3.36. The smallest absolute Gasteiger partial charge is 0.211 e. The van der Waals surface area contributed by atoms with Crippen molar-refractivity contribution in [1.29, 1.82) is 0 Å². The van der Waals surface area contributed by atoms with Crippen LogP contribution in [0.1, 0.15) is 39.2 Å². The first-order valence-corrected chi connectivity index (χ1v) is 10.6. The van der Waals surface area contributed by atoms with Crippen LogP contribution >= 0.6 is 0 Å². The van der Waals surface area contributed by atoms with Crippen LogP contribution in [-0.4, -0.2) is 51.9 Å². The van der Waals surface area contributed by atoms with E-state index in [0.717, 1.165) is 6.26 Å². The lowest BCUT2D eigenvalue weighted by Crippen LogP contribution is -2.62. The highest BCUT2D eigenvalue weighted by atomic mass is 32.2. The van der Waals surface area contributed by atoms with Gasteiger partial charge in [-0.1, -0.05) is 19.1 Å². The molecule has 2 unspecified atom stereocenters. The van der Waals surface area contributed by atoms with E-state index in [0.29, 0.717) is 25.0 Å². The van der Waals surface area contributed by atoms with E-state index >= 15 is 0 Å². The summed E-state index contributed by atoms with van der Waals surface area (Å²) in [7, 11) is -0.621. The Morgan fingerprint density at radius 1 is 1.15 bits per heavy atom. The highest BCUT2D eigenvalue weighted by Crippen LogP contribution is 2.43. The van der Waals surface area contributed by atoms with Crippen LogP contribution in [0.3, 0.4) is 0 Å². The third-order valence-electron chi connectivity index (χ3n) is 4.95. The quantitative estimate of drug-likeness (QED) is 0.553. The monoisotopic (exact) mass is 405 g/mol. The van der Waals surface area contributed by atoms with E-state index in [1.54, 1.807) is 21.1 Å². The molecular formula is C19H32FNO5S. The van der Waals surface area contributed by atoms with Crippen molar-refractivity contribution in [2.24, 2.45) is 5.41 Å². The second kappa shape index (κ2) is 8.96. The van der Waals surface area contributed by atoms with Gasteiger partial charge in [-0.25, -0.2) is 12.8 Å². The Bertz CT molecular complexity index is 707. The summed E-state index contributed by atoms with van der Waals surface area (Å²) in [5, 5.41) is 11.6. The molecule has 0 fully saturated rings. The van der Waals surface area contributed by atoms with Gasteiger partial charge in [0.1, 0.15) is 11.5 Å². The average Bonchev–Trinajstić information content (AvgIpc) is 2.53. The van der Waals surface area contributed by atoms with Gasteiger partial charge in [0.25, 0.3) is 0 Å². The van der Waals surface area contributed by atoms with Crippen LogP contribution in [-0.2, 0) is 25.9 Å². The summed E-state index contributed by atoms with van der Waals surface area (Å²) in [5.41, 5.74) is -2.76. The molecule has 0 saturated carbocycles. The second-order valence-electron chi connectivity index (χ2n) is 7.98. The molecule has 0 aliphatic rings. The maximum absolute atomic E-state index is 13.3. The number of benzene rings is 1. The summed E-state index contributed by atoms with van der Waals surface area (Å²) in [6, 6.07) is 5.62. The number of aliphatic hydroxyl groups is 1. The Balaban J connectivity index is 3.41. The highest BCUT2D eigenvalue weighted by Gasteiger charge is 2.50. The molecule has 0 aromatic heterocycles. The fraction of sp³-hybridized carbons (Fsp3) is 0.684. The zero-order chi connectivity index (χ0) is 20.9. The molecule has 1 aromatic rings. The Hall–Kier alpha value is -1.06. The number of halogens is 1. The molecule has 0 bridgehead atoms. The number of hydrogen-bond acceptors (Lipinski definition) is 5. The van der Waals surface area contributed by atoms with Crippen molar-refractivity contribution in [3.63, 3.8) is 0 Å². The minimum atomic E-state index is -3.74. The summed E-state index contributed by atoms with van der Waals surface area (Å²) >= 11 is 0. The van der Waals surface area contributed by atoms with E-state index in [-0.39, 0.29) is 6.42 Å². The highest BCUT2D eigenvalue weighted by molar-refractivity contribution is 7.88. The number of sulfonamides is 1. The molecule has 0 aliphatic carbocycles. The van der Waals surface area contributed by atoms with Crippen LogP contribution in [0, 0.1) is 11.2 Å². The number of ether oxygens (including phenoxy) is 2. The largest absolute Gasteiger partial charge is 0.385 e. The third-order valence-corrected chi connectivity index (χ3v) is 5.66. The van der Waals surface area contributed by atoms with Gasteiger partial charge in [0.2, 0.25) is 10.0 Å². The van der Waals surface area contributed by atoms with Crippen molar-refractivity contribution in [3.8, 4) is 0 Å². The zero-order valence-electron chi connectivity index (χ0n) is 17.0. The van der Waals surface area contributed by atoms with Crippen LogP contribution in [0.15, 0.2) is 24.3 Å². The van der Waals surface area contributed by atoms with Gasteiger partial charge in [-0.05, 0) is 44.4 Å². The van der Waals surface area contributed by atoms with E-state index in [9.17, 15) is 17.9 Å². The van der Waals surface area contributed by atoms with Gasteiger partial charge in [-0.15, -0.1) is 0 Å². The molecule has 2 N–H and O–H groups in total. The Morgan fingerprint density at radius 2 is 1.70 bits per heavy atom. The number of methoxy groups -OCH3 is 2. The molecule has 0 aliphatic heterocycles. The van der Waals surface area contributed by atoms with E-state index in [1.165, 1.54) is 24.3 Å². The molecule has 0 heterocycles. The van der Waals surface area contributed by atoms with Gasteiger partial charge in [0.15, 0.2) is 0 Å². The predicted octanol–water partition coefficient (Wildman–Crippen LogP) is 2.46. The fourth-order valence-corrected chi connectivity index (χ4v) is 4.29. The first-order chi connectivity index (χ1) is 12.3. The first kappa shape index (κ1) is 24.0. The molecule has 6 nitrogen and oxygen atoms in total. The second-order valence-corrected chi connectivity index (χ2v) is 9.73. The molecule has 27 heavy (non-hydrogen) atoms. The van der Waals surface area contributed by atoms with E-state index < -0.39 is 32.6 Å². The molecule has 0 saturated heterocycles. The van der Waals surface area contributed by atoms with Crippen molar-refractivity contribution in [1.82, 2.24) is 4.72 Å². The van der Waals surface area contributed by atoms with Gasteiger partial charge < -0.3 is 14.6 Å². The molecule has 8 heteroatoms. The normalized spacial score (nSPS) is 17.3. The van der Waals surface area contributed by atoms with Crippen LogP contribution in [0.25, 0.3) is 0 Å². The minimum Gasteiger partial charge on any atom is -0.385 e. The Morgan fingerprint density at radius 3 is 2.15 bits per heavy atom. The molecule has 156 valence electrons. The summed E-state index contributed by atoms with van der Waals surface area (Å²) in [6.45, 7) is 5.87. The van der Waals surface area contributed by atoms with Crippen LogP contribution in [0.5, 0.6) is 0 Å². The van der Waals surface area contributed by atoms with E-state index in [2.05, 4.69) is 4.72 Å². The Labute approximate surface area is 162 Å². The Kier molecular flexibility index (Phi) is 7.96. The summed E-state index contributed by atoms with van der Waals surface area (Å²) in [6.07, 6.45) is 1.72. The van der Waals surface area contributed by atoms with Gasteiger partial charge in [-0.2, -0.15) is 4.72 Å². The summed E-state index contributed by atoms with van der Waals surface area (Å²) in [4.78, 5) is 0. The maximum Gasteiger partial charge on any atom is 0.211 e. The SMILES string of the molecule is COCCC(C)(CC(C)(C)OC)C(O)(Cc1ccc(F)cc1)NS(C)(=O)=O. The molecule has 0 amide bonds. The van der Waals surface area contributed by atoms with Crippen molar-refractivity contribution < 1.29 is 27.4 Å². The molecule has 2 atom stereocenters. The number of rotatable bonds is 11. The lowest BCUT2D eigenvalue weighted by atomic mass is 9.68. The standard InChI is InChI=1S/C19H32FNO5S/c1-17(2,26-5)14-18(3,11-12-25-4)19(22,21-27(6,23)24)13-15-7-9-16(20)10-8-15/h7-10,21-22H,11-14H2,1-6H3. The van der Waals surface area contributed by atoms with E-state index in [1.807, 2.05) is 13.8 Å². The minimum absolute atomic E-state index is 0.0274. The maximum atomic E-state index is 13.3. The first-order valence-electron chi connectivity index (χ1n) is 8.76. The molecule has 1 aromatic carbocycles. The van der Waals surface area contributed by atoms with Crippen LogP contribution in [0.2, 0.25) is 0 Å². The van der Waals surface area contributed by atoms with Crippen LogP contribution in [0.4, 0.5) is 4.39 Å². The lowest BCUT2D eigenvalue weighted by molar-refractivity contribution is -0.134. The van der Waals surface area contributed by atoms with Crippen molar-refractivity contribution >= 4 is 10.0 Å². The van der Waals surface area contributed by atoms with Gasteiger partial charge in [0, 0.05) is 32.7 Å². The third kappa shape index (κ3) is 7.12. The molecule has 1 rings (SSSR count). The number of hydrogen-bond donors (Lipinski definition) is 2. The van der Waals surface area contributed by atoms with E-state index in [4.69, 9.17) is 9.47 Å². The summed E-state index contributed by atoms with van der Waals surface area (Å²) in [5.74, 6) is -0.402. The lowest BCUT2D eigenvalue weighted by Gasteiger charge is -2.48. The number of nitrogens with one attached hydrogen (secondary N) is 1. The van der Waals surface area contributed by atoms with Crippen LogP contribution < -0.4 is 4.72 Å². The van der Waals surface area contributed by atoms with Crippen molar-refractivity contribution in [3.05, 3.63) is 35.6 Å². The van der Waals surface area contributed by atoms with Gasteiger partial charge in [0.05, 0.1) is 11.9 Å². The molecule has 0 radical (unpaired) electrons. The average molecular weight is 406 g/mol. The predicted molar refractivity (Wildman–Crippen MR) is 103 cm³/mol. The molecule has 0 spiro atoms. The van der Waals surface area contributed by atoms with Crippen molar-refractivity contribution in [2.45, 2.75) is 51.4 Å². The van der Waals surface area contributed by atoms with Gasteiger partial charge >= 0.3 is 0 Å². The molecular weight excluding hydrogens is 373 g/mol. The summed E-state index contributed by atoms with van der Waals surface area (Å²) < 4.78 is 50.5. The topological polar surface area (TPSA) is 84.9 Å².